The summed E-state index contributed by atoms with van der Waals surface area (Å²) in [7, 11) is 0. The Kier molecular flexibility index (Phi) is 4.18. The van der Waals surface area contributed by atoms with Gasteiger partial charge in [-0.25, -0.2) is 0 Å². The van der Waals surface area contributed by atoms with Crippen LogP contribution in [0.15, 0.2) is 0 Å². The van der Waals surface area contributed by atoms with Gasteiger partial charge in [-0.3, -0.25) is 4.79 Å². The van der Waals surface area contributed by atoms with Crippen molar-refractivity contribution in [1.29, 1.82) is 0 Å². The highest BCUT2D eigenvalue weighted by Gasteiger charge is 2.27. The molecule has 2 aliphatic rings. The zero-order chi connectivity index (χ0) is 10.5. The second-order valence-corrected chi connectivity index (χ2v) is 5.09. The summed E-state index contributed by atoms with van der Waals surface area (Å²) in [5.74, 6) is 0.903. The lowest BCUT2D eigenvalue weighted by molar-refractivity contribution is -0.125. The first-order valence-corrected chi connectivity index (χ1v) is 6.65. The van der Waals surface area contributed by atoms with Crippen LogP contribution in [0.25, 0.3) is 0 Å². The third-order valence-corrected chi connectivity index (χ3v) is 3.91. The van der Waals surface area contributed by atoms with Crippen LogP contribution < -0.4 is 5.32 Å². The van der Waals surface area contributed by atoms with Crippen LogP contribution in [-0.4, -0.2) is 18.4 Å². The summed E-state index contributed by atoms with van der Waals surface area (Å²) < 4.78 is 0. The largest absolute Gasteiger partial charge is 0.307 e. The Morgan fingerprint density at radius 2 is 1.53 bits per heavy atom. The lowest BCUT2D eigenvalue weighted by atomic mass is 9.88. The molecular formula is C13H23NO. The minimum atomic E-state index is 0.196. The highest BCUT2D eigenvalue weighted by Crippen LogP contribution is 2.25. The summed E-state index contributed by atoms with van der Waals surface area (Å²) >= 11 is 0. The summed E-state index contributed by atoms with van der Waals surface area (Å²) in [6.45, 7) is 1.04. The molecular weight excluding hydrogens is 186 g/mol. The van der Waals surface area contributed by atoms with Gasteiger partial charge in [-0.15, -0.1) is 0 Å². The molecule has 0 aromatic rings. The number of rotatable bonds is 2. The summed E-state index contributed by atoms with van der Waals surface area (Å²) in [5.41, 5.74) is 0. The number of Topliss-reactive ketones (excluding diaryl/α,β-unsaturated/α-hetero) is 1. The van der Waals surface area contributed by atoms with E-state index in [1.807, 2.05) is 0 Å². The van der Waals surface area contributed by atoms with Crippen molar-refractivity contribution in [2.24, 2.45) is 5.92 Å². The van der Waals surface area contributed by atoms with Gasteiger partial charge in [-0.1, -0.05) is 32.1 Å². The van der Waals surface area contributed by atoms with Gasteiger partial charge in [-0.2, -0.15) is 0 Å². The second kappa shape index (κ2) is 5.64. The molecule has 1 aliphatic heterocycles. The van der Waals surface area contributed by atoms with Gasteiger partial charge >= 0.3 is 0 Å². The van der Waals surface area contributed by atoms with E-state index in [4.69, 9.17) is 0 Å². The average molecular weight is 209 g/mol. The first kappa shape index (κ1) is 11.1. The summed E-state index contributed by atoms with van der Waals surface area (Å²) in [4.78, 5) is 12.2. The van der Waals surface area contributed by atoms with Crippen LogP contribution >= 0.6 is 0 Å². The normalized spacial score (nSPS) is 29.7. The van der Waals surface area contributed by atoms with Crippen LogP contribution in [0.1, 0.15) is 57.8 Å². The van der Waals surface area contributed by atoms with Gasteiger partial charge in [0.2, 0.25) is 0 Å². The number of carbonyl (C=O) groups excluding carboxylic acids is 1. The molecule has 1 aliphatic carbocycles. The molecule has 1 saturated carbocycles. The first-order valence-electron chi connectivity index (χ1n) is 6.65. The fourth-order valence-corrected chi connectivity index (χ4v) is 2.94. The Bertz CT molecular complexity index is 201. The highest BCUT2D eigenvalue weighted by molar-refractivity contribution is 5.86. The predicted octanol–water partition coefficient (Wildman–Crippen LogP) is 2.67. The number of ketones is 1. The molecule has 0 aromatic heterocycles. The van der Waals surface area contributed by atoms with Gasteiger partial charge in [0.25, 0.3) is 0 Å². The third-order valence-electron chi connectivity index (χ3n) is 3.91. The number of hydrogen-bond acceptors (Lipinski definition) is 2. The SMILES string of the molecule is O=C(C1CCCCCC1)C1CCCCN1. The second-order valence-electron chi connectivity index (χ2n) is 5.09. The lowest BCUT2D eigenvalue weighted by Crippen LogP contribution is -2.43. The fourth-order valence-electron chi connectivity index (χ4n) is 2.94. The Hall–Kier alpha value is -0.370. The van der Waals surface area contributed by atoms with E-state index in [9.17, 15) is 4.79 Å². The molecule has 0 amide bonds. The molecule has 2 fully saturated rings. The van der Waals surface area contributed by atoms with E-state index in [0.717, 1.165) is 25.8 Å². The molecule has 0 aromatic carbocycles. The van der Waals surface area contributed by atoms with Crippen molar-refractivity contribution in [2.45, 2.75) is 63.8 Å². The van der Waals surface area contributed by atoms with E-state index in [1.54, 1.807) is 0 Å². The molecule has 2 rings (SSSR count). The van der Waals surface area contributed by atoms with Gasteiger partial charge in [0.15, 0.2) is 5.78 Å². The van der Waals surface area contributed by atoms with Crippen LogP contribution in [-0.2, 0) is 4.79 Å². The Morgan fingerprint density at radius 3 is 2.13 bits per heavy atom. The molecule has 0 radical (unpaired) electrons. The smallest absolute Gasteiger partial charge is 0.152 e. The van der Waals surface area contributed by atoms with E-state index in [0.29, 0.717) is 11.7 Å². The van der Waals surface area contributed by atoms with E-state index in [2.05, 4.69) is 5.32 Å². The van der Waals surface area contributed by atoms with Crippen molar-refractivity contribution in [3.8, 4) is 0 Å². The van der Waals surface area contributed by atoms with E-state index >= 15 is 0 Å². The van der Waals surface area contributed by atoms with E-state index < -0.39 is 0 Å². The molecule has 2 nitrogen and oxygen atoms in total. The molecule has 1 heterocycles. The monoisotopic (exact) mass is 209 g/mol. The standard InChI is InChI=1S/C13H23NO/c15-13(12-9-5-6-10-14-12)11-7-3-1-2-4-8-11/h11-12,14H,1-10H2. The summed E-state index contributed by atoms with van der Waals surface area (Å²) in [6.07, 6.45) is 11.1. The maximum absolute atomic E-state index is 12.2. The fraction of sp³-hybridized carbons (Fsp3) is 0.923. The minimum Gasteiger partial charge on any atom is -0.307 e. The van der Waals surface area contributed by atoms with Gasteiger partial charge < -0.3 is 5.32 Å². The quantitative estimate of drug-likeness (QED) is 0.708. The maximum Gasteiger partial charge on any atom is 0.152 e. The number of piperidine rings is 1. The number of hydrogen-bond donors (Lipinski definition) is 1. The first-order chi connectivity index (χ1) is 7.38. The minimum absolute atomic E-state index is 0.196. The van der Waals surface area contributed by atoms with Crippen LogP contribution in [0.2, 0.25) is 0 Å². The van der Waals surface area contributed by atoms with Crippen LogP contribution in [0.5, 0.6) is 0 Å². The molecule has 1 N–H and O–H groups in total. The maximum atomic E-state index is 12.2. The molecule has 0 spiro atoms. The van der Waals surface area contributed by atoms with Crippen molar-refractivity contribution in [3.05, 3.63) is 0 Å². The predicted molar refractivity (Wildman–Crippen MR) is 61.8 cm³/mol. The van der Waals surface area contributed by atoms with Gasteiger partial charge in [-0.05, 0) is 32.2 Å². The molecule has 15 heavy (non-hydrogen) atoms. The van der Waals surface area contributed by atoms with E-state index in [-0.39, 0.29) is 6.04 Å². The number of carbonyl (C=O) groups is 1. The Balaban J connectivity index is 1.87. The lowest BCUT2D eigenvalue weighted by Gasteiger charge is -2.25. The van der Waals surface area contributed by atoms with Gasteiger partial charge in [0, 0.05) is 5.92 Å². The zero-order valence-electron chi connectivity index (χ0n) is 9.63. The van der Waals surface area contributed by atoms with Crippen molar-refractivity contribution in [2.75, 3.05) is 6.54 Å². The molecule has 1 saturated heterocycles. The highest BCUT2D eigenvalue weighted by atomic mass is 16.1. The summed E-state index contributed by atoms with van der Waals surface area (Å²) in [5, 5.41) is 3.39. The molecule has 0 bridgehead atoms. The molecule has 86 valence electrons. The van der Waals surface area contributed by atoms with Crippen molar-refractivity contribution in [1.82, 2.24) is 5.32 Å². The van der Waals surface area contributed by atoms with Crippen LogP contribution in [0, 0.1) is 5.92 Å². The Morgan fingerprint density at radius 1 is 0.867 bits per heavy atom. The average Bonchev–Trinajstić information content (AvgIpc) is 2.58. The number of nitrogens with one attached hydrogen (secondary N) is 1. The van der Waals surface area contributed by atoms with Crippen LogP contribution in [0.4, 0.5) is 0 Å². The van der Waals surface area contributed by atoms with Gasteiger partial charge in [0.1, 0.15) is 0 Å². The van der Waals surface area contributed by atoms with Gasteiger partial charge in [0.05, 0.1) is 6.04 Å². The molecule has 1 atom stereocenters. The van der Waals surface area contributed by atoms with Crippen molar-refractivity contribution < 1.29 is 4.79 Å². The molecule has 2 heteroatoms. The molecule has 1 unspecified atom stereocenters. The van der Waals surface area contributed by atoms with E-state index in [1.165, 1.54) is 38.5 Å². The van der Waals surface area contributed by atoms with Crippen LogP contribution in [0.3, 0.4) is 0 Å². The zero-order valence-corrected chi connectivity index (χ0v) is 9.63. The third kappa shape index (κ3) is 3.04. The Labute approximate surface area is 92.8 Å². The summed E-state index contributed by atoms with van der Waals surface area (Å²) in [6, 6.07) is 0.196. The topological polar surface area (TPSA) is 29.1 Å². The van der Waals surface area contributed by atoms with Crippen molar-refractivity contribution in [3.63, 3.8) is 0 Å². The van der Waals surface area contributed by atoms with Crippen molar-refractivity contribution >= 4 is 5.78 Å².